The van der Waals surface area contributed by atoms with E-state index in [-0.39, 0.29) is 41.9 Å². The van der Waals surface area contributed by atoms with Crippen LogP contribution in [0.1, 0.15) is 58.1 Å². The molecule has 4 heterocycles. The highest BCUT2D eigenvalue weighted by Crippen LogP contribution is 2.55. The van der Waals surface area contributed by atoms with Crippen LogP contribution >= 0.6 is 0 Å². The zero-order chi connectivity index (χ0) is 22.6. The van der Waals surface area contributed by atoms with Crippen LogP contribution in [0.25, 0.3) is 0 Å². The van der Waals surface area contributed by atoms with Gasteiger partial charge < -0.3 is 24.0 Å². The van der Waals surface area contributed by atoms with Crippen LogP contribution in [0.4, 0.5) is 0 Å². The Balaban J connectivity index is 1.35. The van der Waals surface area contributed by atoms with Gasteiger partial charge in [0.05, 0.1) is 19.3 Å². The number of benzene rings is 1. The molecule has 2 amide bonds. The quantitative estimate of drug-likeness (QED) is 0.704. The van der Waals surface area contributed by atoms with E-state index in [9.17, 15) is 9.59 Å². The van der Waals surface area contributed by atoms with Gasteiger partial charge in [0, 0.05) is 44.0 Å². The highest BCUT2D eigenvalue weighted by atomic mass is 16.5. The second-order valence-electron chi connectivity index (χ2n) is 10.2. The monoisotopic (exact) mass is 442 g/mol. The van der Waals surface area contributed by atoms with Crippen molar-refractivity contribution in [2.45, 2.75) is 70.3 Å². The van der Waals surface area contributed by atoms with Crippen LogP contribution in [0.5, 0.6) is 11.5 Å². The summed E-state index contributed by atoms with van der Waals surface area (Å²) >= 11 is 0. The van der Waals surface area contributed by atoms with Gasteiger partial charge in [-0.2, -0.15) is 0 Å². The van der Waals surface area contributed by atoms with Crippen molar-refractivity contribution in [1.82, 2.24) is 9.80 Å². The van der Waals surface area contributed by atoms with E-state index in [2.05, 4.69) is 19.9 Å². The van der Waals surface area contributed by atoms with Gasteiger partial charge in [0.1, 0.15) is 11.6 Å². The number of nitrogens with zero attached hydrogens (tertiary/aromatic N) is 2. The first-order chi connectivity index (χ1) is 15.3. The summed E-state index contributed by atoms with van der Waals surface area (Å²) in [4.78, 5) is 29.0. The largest absolute Gasteiger partial charge is 0.493 e. The molecule has 0 aromatic heterocycles. The second kappa shape index (κ2) is 7.94. The molecule has 3 saturated heterocycles. The smallest absolute Gasteiger partial charge is 0.245 e. The van der Waals surface area contributed by atoms with Crippen LogP contribution in [0.15, 0.2) is 18.2 Å². The summed E-state index contributed by atoms with van der Waals surface area (Å²) in [6.45, 7) is 7.87. The zero-order valence-electron chi connectivity index (χ0n) is 19.5. The van der Waals surface area contributed by atoms with E-state index in [1.54, 1.807) is 18.9 Å². The molecule has 0 unspecified atom stereocenters. The van der Waals surface area contributed by atoms with E-state index in [1.165, 1.54) is 0 Å². The highest BCUT2D eigenvalue weighted by molar-refractivity contribution is 5.87. The third-order valence-corrected chi connectivity index (χ3v) is 7.96. The molecule has 0 saturated carbocycles. The molecule has 1 aromatic rings. The highest BCUT2D eigenvalue weighted by Gasteiger charge is 2.52. The number of fused-ring (bicyclic) bond motifs is 4. The van der Waals surface area contributed by atoms with E-state index in [0.717, 1.165) is 42.7 Å². The number of hydrogen-bond acceptors (Lipinski definition) is 5. The summed E-state index contributed by atoms with van der Waals surface area (Å²) in [6.07, 6.45) is 3.54. The van der Waals surface area contributed by atoms with Crippen molar-refractivity contribution in [2.24, 2.45) is 11.8 Å². The van der Waals surface area contributed by atoms with Crippen molar-refractivity contribution >= 4 is 11.8 Å². The van der Waals surface area contributed by atoms with Gasteiger partial charge in [0.2, 0.25) is 11.8 Å². The predicted molar refractivity (Wildman–Crippen MR) is 119 cm³/mol. The summed E-state index contributed by atoms with van der Waals surface area (Å²) in [5.74, 6) is 2.10. The molecule has 0 radical (unpaired) electrons. The van der Waals surface area contributed by atoms with Gasteiger partial charge >= 0.3 is 0 Å². The van der Waals surface area contributed by atoms with Gasteiger partial charge in [-0.3, -0.25) is 9.59 Å². The van der Waals surface area contributed by atoms with Gasteiger partial charge in [-0.1, -0.05) is 12.1 Å². The van der Waals surface area contributed by atoms with E-state index in [4.69, 9.17) is 14.2 Å². The minimum atomic E-state index is -0.402. The lowest BCUT2D eigenvalue weighted by molar-refractivity contribution is -0.189. The van der Waals surface area contributed by atoms with E-state index in [1.807, 2.05) is 17.0 Å². The third-order valence-electron chi connectivity index (χ3n) is 7.96. The molecule has 1 aromatic carbocycles. The normalized spacial score (nSPS) is 32.9. The molecule has 0 spiro atoms. The average molecular weight is 443 g/mol. The minimum Gasteiger partial charge on any atom is -0.493 e. The molecular weight excluding hydrogens is 408 g/mol. The Morgan fingerprint density at radius 1 is 1.19 bits per heavy atom. The molecule has 5 atom stereocenters. The fourth-order valence-corrected chi connectivity index (χ4v) is 6.26. The summed E-state index contributed by atoms with van der Waals surface area (Å²) in [5.41, 5.74) is 0.661. The van der Waals surface area contributed by atoms with Crippen molar-refractivity contribution in [2.75, 3.05) is 26.7 Å². The van der Waals surface area contributed by atoms with E-state index in [0.29, 0.717) is 19.6 Å². The molecule has 174 valence electrons. The predicted octanol–water partition coefficient (Wildman–Crippen LogP) is 3.17. The molecular formula is C25H34N2O5. The molecule has 0 N–H and O–H groups in total. The molecule has 3 fully saturated rings. The summed E-state index contributed by atoms with van der Waals surface area (Å²) in [6, 6.07) is 5.71. The van der Waals surface area contributed by atoms with E-state index < -0.39 is 5.60 Å². The number of ether oxygens (including phenoxy) is 3. The third kappa shape index (κ3) is 3.45. The second-order valence-corrected chi connectivity index (χ2v) is 10.2. The van der Waals surface area contributed by atoms with Crippen LogP contribution < -0.4 is 9.47 Å². The zero-order valence-corrected chi connectivity index (χ0v) is 19.5. The molecule has 7 nitrogen and oxygen atoms in total. The fraction of sp³-hybridized carbons (Fsp3) is 0.680. The number of piperidine rings is 1. The Morgan fingerprint density at radius 3 is 2.75 bits per heavy atom. The Morgan fingerprint density at radius 2 is 2.00 bits per heavy atom. The molecule has 7 heteroatoms. The van der Waals surface area contributed by atoms with Crippen LogP contribution in [0.2, 0.25) is 0 Å². The Kier molecular flexibility index (Phi) is 5.35. The number of hydrogen-bond donors (Lipinski definition) is 0. The van der Waals surface area contributed by atoms with Gasteiger partial charge in [-0.25, -0.2) is 0 Å². The molecule has 0 bridgehead atoms. The summed E-state index contributed by atoms with van der Waals surface area (Å²) in [7, 11) is 1.67. The van der Waals surface area contributed by atoms with Crippen LogP contribution in [0, 0.1) is 11.8 Å². The number of para-hydroxylation sites is 1. The number of rotatable bonds is 2. The average Bonchev–Trinajstić information content (AvgIpc) is 3.27. The lowest BCUT2D eigenvalue weighted by Gasteiger charge is -2.53. The first-order valence-electron chi connectivity index (χ1n) is 11.9. The first-order valence-corrected chi connectivity index (χ1v) is 11.9. The van der Waals surface area contributed by atoms with Crippen LogP contribution in [0.3, 0.4) is 0 Å². The fourth-order valence-electron chi connectivity index (χ4n) is 6.26. The van der Waals surface area contributed by atoms with Gasteiger partial charge in [0.25, 0.3) is 0 Å². The Bertz CT molecular complexity index is 916. The number of carbonyl (C=O) groups is 2. The van der Waals surface area contributed by atoms with Crippen LogP contribution in [-0.4, -0.2) is 66.1 Å². The number of methoxy groups -OCH3 is 1. The van der Waals surface area contributed by atoms with Crippen molar-refractivity contribution in [1.29, 1.82) is 0 Å². The molecule has 4 aliphatic heterocycles. The molecule has 4 aliphatic rings. The van der Waals surface area contributed by atoms with Crippen molar-refractivity contribution in [3.63, 3.8) is 0 Å². The van der Waals surface area contributed by atoms with E-state index >= 15 is 0 Å². The maximum atomic E-state index is 13.3. The Hall–Kier alpha value is -2.28. The number of amides is 2. The topological polar surface area (TPSA) is 68.3 Å². The number of likely N-dealkylation sites (tertiary alicyclic amines) is 2. The summed E-state index contributed by atoms with van der Waals surface area (Å²) in [5, 5.41) is 0. The molecule has 5 rings (SSSR count). The first kappa shape index (κ1) is 21.6. The van der Waals surface area contributed by atoms with Gasteiger partial charge in [-0.15, -0.1) is 0 Å². The van der Waals surface area contributed by atoms with Crippen LogP contribution in [-0.2, 0) is 14.3 Å². The van der Waals surface area contributed by atoms with Crippen molar-refractivity contribution in [3.05, 3.63) is 23.8 Å². The molecule has 0 aliphatic carbocycles. The lowest BCUT2D eigenvalue weighted by Crippen LogP contribution is -2.57. The van der Waals surface area contributed by atoms with Gasteiger partial charge in [-0.05, 0) is 45.6 Å². The lowest BCUT2D eigenvalue weighted by atomic mass is 9.70. The maximum Gasteiger partial charge on any atom is 0.245 e. The SMILES string of the molecule is COc1cccc2c1OC(C)(C)[C@@H]1C[C@H]3CN(C(=O)[C@@H]4CCCN4C(C)=O)CC[C@H]3O[C@@H]21. The molecule has 32 heavy (non-hydrogen) atoms. The standard InChI is InChI=1S/C25H34N2O5/c1-15(28)27-11-6-8-19(27)24(29)26-12-10-20-16(14-26)13-18-22(31-20)17-7-5-9-21(30-4)23(17)32-25(18,2)3/h5,7,9,16,18-20,22H,6,8,10-14H2,1-4H3/t16-,18+,19-,20+,22-/m0/s1. The van der Waals surface area contributed by atoms with Crippen molar-refractivity contribution < 1.29 is 23.8 Å². The summed E-state index contributed by atoms with van der Waals surface area (Å²) < 4.78 is 18.7. The van der Waals surface area contributed by atoms with Crippen molar-refractivity contribution in [3.8, 4) is 11.5 Å². The van der Waals surface area contributed by atoms with Gasteiger partial charge in [0.15, 0.2) is 11.5 Å². The number of carbonyl (C=O) groups excluding carboxylic acids is 2. The Labute approximate surface area is 190 Å². The maximum absolute atomic E-state index is 13.3. The minimum absolute atomic E-state index is 0.00484.